The maximum Gasteiger partial charge on any atom is 0.408 e. The van der Waals surface area contributed by atoms with Gasteiger partial charge in [0.25, 0.3) is 0 Å². The van der Waals surface area contributed by atoms with E-state index < -0.39 is 23.8 Å². The molecule has 3 atom stereocenters. The van der Waals surface area contributed by atoms with Crippen LogP contribution in [0.5, 0.6) is 0 Å². The molecule has 0 spiro atoms. The predicted molar refractivity (Wildman–Crippen MR) is 132 cm³/mol. The second-order valence-corrected chi connectivity index (χ2v) is 10.1. The lowest BCUT2D eigenvalue weighted by atomic mass is 9.93. The van der Waals surface area contributed by atoms with Gasteiger partial charge in [0.2, 0.25) is 11.8 Å². The minimum Gasteiger partial charge on any atom is -0.444 e. The molecule has 0 aliphatic rings. The van der Waals surface area contributed by atoms with Gasteiger partial charge in [0.15, 0.2) is 0 Å². The lowest BCUT2D eigenvalue weighted by Gasteiger charge is -2.36. The second kappa shape index (κ2) is 12.1. The van der Waals surface area contributed by atoms with Gasteiger partial charge >= 0.3 is 6.09 Å². The number of benzene rings is 1. The van der Waals surface area contributed by atoms with Crippen molar-refractivity contribution in [3.8, 4) is 0 Å². The number of hydrogen-bond donors (Lipinski definition) is 2. The molecule has 0 aliphatic heterocycles. The van der Waals surface area contributed by atoms with E-state index in [0.29, 0.717) is 13.0 Å². The molecular weight excluding hydrogens is 418 g/mol. The molecule has 1 rings (SSSR count). The van der Waals surface area contributed by atoms with E-state index in [0.717, 1.165) is 16.7 Å². The molecule has 7 nitrogen and oxygen atoms in total. The summed E-state index contributed by atoms with van der Waals surface area (Å²) < 4.78 is 5.40. The average Bonchev–Trinajstić information content (AvgIpc) is 2.68. The van der Waals surface area contributed by atoms with Crippen molar-refractivity contribution in [1.29, 1.82) is 0 Å². The number of alkyl carbamates (subject to hydrolysis) is 1. The largest absolute Gasteiger partial charge is 0.444 e. The van der Waals surface area contributed by atoms with Crippen molar-refractivity contribution < 1.29 is 19.1 Å². The van der Waals surface area contributed by atoms with Gasteiger partial charge in [0, 0.05) is 12.6 Å². The molecule has 0 heterocycles. The number of carbonyl (C=O) groups is 3. The first-order chi connectivity index (χ1) is 15.2. The molecule has 2 N–H and O–H groups in total. The maximum atomic E-state index is 13.8. The molecule has 0 aliphatic carbocycles. The van der Waals surface area contributed by atoms with Crippen LogP contribution in [0.15, 0.2) is 18.2 Å². The van der Waals surface area contributed by atoms with Crippen LogP contribution in [0.4, 0.5) is 4.79 Å². The average molecular weight is 462 g/mol. The maximum absolute atomic E-state index is 13.8. The van der Waals surface area contributed by atoms with Crippen molar-refractivity contribution in [2.45, 2.75) is 99.4 Å². The molecule has 1 aromatic rings. The fraction of sp³-hybridized carbons (Fsp3) is 0.654. The van der Waals surface area contributed by atoms with Gasteiger partial charge in [0.1, 0.15) is 17.7 Å². The van der Waals surface area contributed by atoms with Gasteiger partial charge in [-0.15, -0.1) is 0 Å². The molecular formula is C26H43N3O4. The summed E-state index contributed by atoms with van der Waals surface area (Å²) in [4.78, 5) is 41.3. The summed E-state index contributed by atoms with van der Waals surface area (Å²) in [6, 6.07) is 4.16. The number of aryl methyl sites for hydroxylation is 2. The van der Waals surface area contributed by atoms with Gasteiger partial charge in [-0.1, -0.05) is 44.0 Å². The van der Waals surface area contributed by atoms with E-state index in [4.69, 9.17) is 4.74 Å². The number of rotatable bonds is 9. The normalized spacial score (nSPS) is 14.3. The summed E-state index contributed by atoms with van der Waals surface area (Å²) in [6.07, 6.45) is 0.0304. The van der Waals surface area contributed by atoms with Crippen LogP contribution in [-0.4, -0.2) is 47.0 Å². The van der Waals surface area contributed by atoms with Gasteiger partial charge in [0.05, 0.1) is 0 Å². The summed E-state index contributed by atoms with van der Waals surface area (Å²) in [5.41, 5.74) is 2.10. The summed E-state index contributed by atoms with van der Waals surface area (Å²) >= 11 is 0. The molecule has 0 radical (unpaired) electrons. The van der Waals surface area contributed by atoms with E-state index in [9.17, 15) is 14.4 Å². The van der Waals surface area contributed by atoms with Crippen LogP contribution < -0.4 is 10.6 Å². The molecule has 3 unspecified atom stereocenters. The van der Waals surface area contributed by atoms with Crippen molar-refractivity contribution >= 4 is 17.9 Å². The minimum absolute atomic E-state index is 0.0789. The highest BCUT2D eigenvalue weighted by atomic mass is 16.6. The first-order valence-electron chi connectivity index (χ1n) is 11.9. The van der Waals surface area contributed by atoms with Crippen molar-refractivity contribution in [2.24, 2.45) is 5.92 Å². The SMILES string of the molecule is CCC(C)C(NC(=O)OC(C)(C)C)C(=O)N(CC)C(C(=O)NC(C)C)c1ccc(C)cc1C. The Hall–Kier alpha value is -2.57. The Morgan fingerprint density at radius 2 is 1.64 bits per heavy atom. The third-order valence-electron chi connectivity index (χ3n) is 5.49. The zero-order valence-corrected chi connectivity index (χ0v) is 22.0. The number of nitrogens with zero attached hydrogens (tertiary/aromatic N) is 1. The smallest absolute Gasteiger partial charge is 0.408 e. The Balaban J connectivity index is 3.44. The Morgan fingerprint density at radius 3 is 2.09 bits per heavy atom. The lowest BCUT2D eigenvalue weighted by Crippen LogP contribution is -2.55. The molecule has 186 valence electrons. The summed E-state index contributed by atoms with van der Waals surface area (Å²) in [5.74, 6) is -0.694. The standard InChI is InChI=1S/C26H43N3O4/c1-11-18(6)21(28-25(32)33-26(8,9)10)24(31)29(12-2)22(23(30)27-16(3)4)20-14-13-17(5)15-19(20)7/h13-16,18,21-22H,11-12H2,1-10H3,(H,27,30)(H,28,32). The van der Waals surface area contributed by atoms with Crippen molar-refractivity contribution in [2.75, 3.05) is 6.54 Å². The van der Waals surface area contributed by atoms with Crippen LogP contribution >= 0.6 is 0 Å². The van der Waals surface area contributed by atoms with E-state index in [1.807, 2.05) is 66.7 Å². The third kappa shape index (κ3) is 8.37. The lowest BCUT2D eigenvalue weighted by molar-refractivity contribution is -0.143. The van der Waals surface area contributed by atoms with Gasteiger partial charge in [-0.3, -0.25) is 9.59 Å². The highest BCUT2D eigenvalue weighted by Crippen LogP contribution is 2.27. The molecule has 0 bridgehead atoms. The first kappa shape index (κ1) is 28.5. The van der Waals surface area contributed by atoms with E-state index in [-0.39, 0.29) is 23.8 Å². The van der Waals surface area contributed by atoms with Crippen LogP contribution in [-0.2, 0) is 14.3 Å². The number of carbonyl (C=O) groups excluding carboxylic acids is 3. The molecule has 0 saturated heterocycles. The Morgan fingerprint density at radius 1 is 1.03 bits per heavy atom. The minimum atomic E-state index is -0.815. The van der Waals surface area contributed by atoms with Crippen LogP contribution in [0.1, 0.15) is 84.5 Å². The number of nitrogens with one attached hydrogen (secondary N) is 2. The van der Waals surface area contributed by atoms with Crippen molar-refractivity contribution in [1.82, 2.24) is 15.5 Å². The Bertz CT molecular complexity index is 829. The van der Waals surface area contributed by atoms with Crippen LogP contribution in [0.3, 0.4) is 0 Å². The van der Waals surface area contributed by atoms with Gasteiger partial charge in [-0.05, 0) is 72.4 Å². The number of hydrogen-bond acceptors (Lipinski definition) is 4. The molecule has 1 aromatic carbocycles. The van der Waals surface area contributed by atoms with Gasteiger partial charge < -0.3 is 20.3 Å². The summed E-state index contributed by atoms with van der Waals surface area (Å²) in [5, 5.41) is 5.73. The van der Waals surface area contributed by atoms with Gasteiger partial charge in [-0.2, -0.15) is 0 Å². The van der Waals surface area contributed by atoms with Crippen LogP contribution in [0, 0.1) is 19.8 Å². The fourth-order valence-corrected chi connectivity index (χ4v) is 3.71. The van der Waals surface area contributed by atoms with E-state index >= 15 is 0 Å². The monoisotopic (exact) mass is 461 g/mol. The van der Waals surface area contributed by atoms with Crippen LogP contribution in [0.25, 0.3) is 0 Å². The predicted octanol–water partition coefficient (Wildman–Crippen LogP) is 4.66. The summed E-state index contributed by atoms with van der Waals surface area (Å²) in [6.45, 7) is 19.1. The Kier molecular flexibility index (Phi) is 10.4. The zero-order valence-electron chi connectivity index (χ0n) is 22.0. The van der Waals surface area contributed by atoms with E-state index in [1.54, 1.807) is 25.7 Å². The van der Waals surface area contributed by atoms with Gasteiger partial charge in [-0.25, -0.2) is 4.79 Å². The molecule has 0 aromatic heterocycles. The fourth-order valence-electron chi connectivity index (χ4n) is 3.71. The highest BCUT2D eigenvalue weighted by molar-refractivity contribution is 5.92. The topological polar surface area (TPSA) is 87.7 Å². The molecule has 3 amide bonds. The third-order valence-corrected chi connectivity index (χ3v) is 5.49. The molecule has 0 fully saturated rings. The van der Waals surface area contributed by atoms with E-state index in [2.05, 4.69) is 10.6 Å². The molecule has 0 saturated carbocycles. The van der Waals surface area contributed by atoms with E-state index in [1.165, 1.54) is 0 Å². The van der Waals surface area contributed by atoms with Crippen LogP contribution in [0.2, 0.25) is 0 Å². The Labute approximate surface area is 199 Å². The zero-order chi connectivity index (χ0) is 25.5. The van der Waals surface area contributed by atoms with Crippen molar-refractivity contribution in [3.05, 3.63) is 34.9 Å². The molecule has 7 heteroatoms. The van der Waals surface area contributed by atoms with Crippen molar-refractivity contribution in [3.63, 3.8) is 0 Å². The number of ether oxygens (including phenoxy) is 1. The molecule has 33 heavy (non-hydrogen) atoms. The first-order valence-corrected chi connectivity index (χ1v) is 11.9. The summed E-state index contributed by atoms with van der Waals surface area (Å²) in [7, 11) is 0. The second-order valence-electron chi connectivity index (χ2n) is 10.1. The number of likely N-dealkylation sites (N-methyl/N-ethyl adjacent to an activating group) is 1. The quantitative estimate of drug-likeness (QED) is 0.560. The number of amides is 3. The highest BCUT2D eigenvalue weighted by Gasteiger charge is 2.38.